The molecule has 0 saturated heterocycles. The lowest BCUT2D eigenvalue weighted by Gasteiger charge is -2.12. The lowest BCUT2D eigenvalue weighted by Crippen LogP contribution is -2.27. The number of hydroxylamine groups is 1. The fraction of sp³-hybridized carbons (Fsp3) is 1.00. The number of unbranched alkanes of at least 4 members (excludes halogenated alkanes) is 2. The highest BCUT2D eigenvalue weighted by atomic mass is 16.7. The molecule has 0 aliphatic rings. The molecule has 0 radical (unpaired) electrons. The Morgan fingerprint density at radius 3 is 2.62 bits per heavy atom. The summed E-state index contributed by atoms with van der Waals surface area (Å²) in [6.45, 7) is 5.62. The second-order valence-electron chi connectivity index (χ2n) is 3.36. The zero-order valence-corrected chi connectivity index (χ0v) is 9.14. The summed E-state index contributed by atoms with van der Waals surface area (Å²) >= 11 is 0. The zero-order chi connectivity index (χ0) is 9.94. The topological polar surface area (TPSA) is 30.5 Å². The Morgan fingerprint density at radius 1 is 1.23 bits per heavy atom. The normalized spacial score (nSPS) is 13.2. The number of ether oxygens (including phenoxy) is 1. The van der Waals surface area contributed by atoms with Crippen molar-refractivity contribution in [3.63, 3.8) is 0 Å². The Morgan fingerprint density at radius 2 is 2.00 bits per heavy atom. The maximum absolute atomic E-state index is 5.19. The SMILES string of the molecule is CCCCCC(C)NOCCOC. The van der Waals surface area contributed by atoms with E-state index in [1.54, 1.807) is 7.11 Å². The molecule has 3 nitrogen and oxygen atoms in total. The third-order valence-corrected chi connectivity index (χ3v) is 1.91. The number of nitrogens with one attached hydrogen (secondary N) is 1. The molecule has 1 N–H and O–H groups in total. The smallest absolute Gasteiger partial charge is 0.0915 e. The van der Waals surface area contributed by atoms with E-state index in [9.17, 15) is 0 Å². The third-order valence-electron chi connectivity index (χ3n) is 1.91. The van der Waals surface area contributed by atoms with Gasteiger partial charge in [0.1, 0.15) is 0 Å². The van der Waals surface area contributed by atoms with E-state index in [4.69, 9.17) is 9.57 Å². The van der Waals surface area contributed by atoms with E-state index in [2.05, 4.69) is 19.3 Å². The van der Waals surface area contributed by atoms with Crippen LogP contribution < -0.4 is 5.48 Å². The fourth-order valence-corrected chi connectivity index (χ4v) is 1.09. The molecule has 0 fully saturated rings. The van der Waals surface area contributed by atoms with Gasteiger partial charge in [0.2, 0.25) is 0 Å². The van der Waals surface area contributed by atoms with E-state index in [1.165, 1.54) is 25.7 Å². The van der Waals surface area contributed by atoms with E-state index in [-0.39, 0.29) is 0 Å². The molecule has 13 heavy (non-hydrogen) atoms. The minimum absolute atomic E-state index is 0.448. The molecule has 80 valence electrons. The number of methoxy groups -OCH3 is 1. The molecule has 0 aromatic rings. The first-order chi connectivity index (χ1) is 6.31. The lowest BCUT2D eigenvalue weighted by atomic mass is 10.1. The largest absolute Gasteiger partial charge is 0.382 e. The van der Waals surface area contributed by atoms with Crippen LogP contribution in [0.15, 0.2) is 0 Å². The van der Waals surface area contributed by atoms with Crippen LogP contribution in [0.5, 0.6) is 0 Å². The van der Waals surface area contributed by atoms with Crippen LogP contribution in [0.1, 0.15) is 39.5 Å². The lowest BCUT2D eigenvalue weighted by molar-refractivity contribution is -0.0104. The van der Waals surface area contributed by atoms with Gasteiger partial charge in [-0.05, 0) is 13.3 Å². The molecule has 0 saturated carbocycles. The van der Waals surface area contributed by atoms with Gasteiger partial charge in [-0.15, -0.1) is 0 Å². The van der Waals surface area contributed by atoms with Gasteiger partial charge < -0.3 is 4.74 Å². The van der Waals surface area contributed by atoms with Crippen molar-refractivity contribution in [3.8, 4) is 0 Å². The molecule has 0 aromatic carbocycles. The van der Waals surface area contributed by atoms with Gasteiger partial charge in [-0.2, -0.15) is 5.48 Å². The summed E-state index contributed by atoms with van der Waals surface area (Å²) in [4.78, 5) is 5.19. The van der Waals surface area contributed by atoms with Gasteiger partial charge in [0, 0.05) is 13.2 Å². The molecule has 3 heteroatoms. The summed E-state index contributed by atoms with van der Waals surface area (Å²) in [7, 11) is 1.67. The molecule has 0 bridgehead atoms. The van der Waals surface area contributed by atoms with Gasteiger partial charge >= 0.3 is 0 Å². The van der Waals surface area contributed by atoms with Gasteiger partial charge in [-0.25, -0.2) is 0 Å². The summed E-state index contributed by atoms with van der Waals surface area (Å²) in [6.07, 6.45) is 5.04. The molecule has 1 atom stereocenters. The first-order valence-corrected chi connectivity index (χ1v) is 5.17. The maximum Gasteiger partial charge on any atom is 0.0915 e. The summed E-state index contributed by atoms with van der Waals surface area (Å²) in [5.74, 6) is 0. The van der Waals surface area contributed by atoms with Crippen molar-refractivity contribution < 1.29 is 9.57 Å². The minimum Gasteiger partial charge on any atom is -0.382 e. The van der Waals surface area contributed by atoms with E-state index in [0.29, 0.717) is 19.3 Å². The summed E-state index contributed by atoms with van der Waals surface area (Å²) in [5, 5.41) is 0. The molecule has 0 aliphatic heterocycles. The number of hydrogen-bond acceptors (Lipinski definition) is 3. The van der Waals surface area contributed by atoms with Crippen LogP contribution in [-0.2, 0) is 9.57 Å². The Balaban J connectivity index is 3.05. The Bertz CT molecular complexity index is 98.9. The van der Waals surface area contributed by atoms with Crippen LogP contribution in [0, 0.1) is 0 Å². The summed E-state index contributed by atoms with van der Waals surface area (Å²) in [5.41, 5.74) is 3.00. The van der Waals surface area contributed by atoms with Crippen LogP contribution in [-0.4, -0.2) is 26.4 Å². The van der Waals surface area contributed by atoms with Crippen molar-refractivity contribution in [2.24, 2.45) is 0 Å². The molecule has 0 amide bonds. The van der Waals surface area contributed by atoms with E-state index >= 15 is 0 Å². The van der Waals surface area contributed by atoms with E-state index in [1.807, 2.05) is 0 Å². The minimum atomic E-state index is 0.448. The highest BCUT2D eigenvalue weighted by molar-refractivity contribution is 4.54. The molecular formula is C10H23NO2. The zero-order valence-electron chi connectivity index (χ0n) is 9.14. The van der Waals surface area contributed by atoms with Crippen molar-refractivity contribution in [1.29, 1.82) is 0 Å². The first-order valence-electron chi connectivity index (χ1n) is 5.17. The van der Waals surface area contributed by atoms with E-state index in [0.717, 1.165) is 0 Å². The van der Waals surface area contributed by atoms with Gasteiger partial charge in [0.05, 0.1) is 13.2 Å². The van der Waals surface area contributed by atoms with Crippen molar-refractivity contribution in [2.75, 3.05) is 20.3 Å². The van der Waals surface area contributed by atoms with Gasteiger partial charge in [0.15, 0.2) is 0 Å². The maximum atomic E-state index is 5.19. The standard InChI is InChI=1S/C10H23NO2/c1-4-5-6-7-10(2)11-13-9-8-12-3/h10-11H,4-9H2,1-3H3. The van der Waals surface area contributed by atoms with Crippen LogP contribution in [0.4, 0.5) is 0 Å². The molecular weight excluding hydrogens is 166 g/mol. The highest BCUT2D eigenvalue weighted by Gasteiger charge is 1.99. The quantitative estimate of drug-likeness (QED) is 0.445. The van der Waals surface area contributed by atoms with Crippen LogP contribution in [0.25, 0.3) is 0 Å². The average molecular weight is 189 g/mol. The molecule has 0 aliphatic carbocycles. The molecule has 0 rings (SSSR count). The number of rotatable bonds is 9. The second kappa shape index (κ2) is 9.96. The van der Waals surface area contributed by atoms with Crippen molar-refractivity contribution in [3.05, 3.63) is 0 Å². The molecule has 0 aromatic heterocycles. The predicted molar refractivity (Wildman–Crippen MR) is 54.6 cm³/mol. The number of hydrogen-bond donors (Lipinski definition) is 1. The monoisotopic (exact) mass is 189 g/mol. The Labute approximate surface area is 81.8 Å². The van der Waals surface area contributed by atoms with Gasteiger partial charge in [-0.3, -0.25) is 4.84 Å². The van der Waals surface area contributed by atoms with Crippen LogP contribution in [0.3, 0.4) is 0 Å². The summed E-state index contributed by atoms with van der Waals surface area (Å²) < 4.78 is 4.86. The van der Waals surface area contributed by atoms with Crippen molar-refractivity contribution in [1.82, 2.24) is 5.48 Å². The van der Waals surface area contributed by atoms with Crippen molar-refractivity contribution in [2.45, 2.75) is 45.6 Å². The highest BCUT2D eigenvalue weighted by Crippen LogP contribution is 2.02. The van der Waals surface area contributed by atoms with Crippen LogP contribution in [0.2, 0.25) is 0 Å². The van der Waals surface area contributed by atoms with E-state index < -0.39 is 0 Å². The fourth-order valence-electron chi connectivity index (χ4n) is 1.09. The van der Waals surface area contributed by atoms with Crippen LogP contribution >= 0.6 is 0 Å². The Hall–Kier alpha value is -0.120. The van der Waals surface area contributed by atoms with Gasteiger partial charge in [0.25, 0.3) is 0 Å². The molecule has 0 heterocycles. The predicted octanol–water partition coefficient (Wildman–Crippen LogP) is 2.12. The Kier molecular flexibility index (Phi) is 9.87. The second-order valence-corrected chi connectivity index (χ2v) is 3.36. The third kappa shape index (κ3) is 9.80. The van der Waals surface area contributed by atoms with Crippen molar-refractivity contribution >= 4 is 0 Å². The molecule has 1 unspecified atom stereocenters. The van der Waals surface area contributed by atoms with Gasteiger partial charge in [-0.1, -0.05) is 26.2 Å². The summed E-state index contributed by atoms with van der Waals surface area (Å²) in [6, 6.07) is 0.448. The average Bonchev–Trinajstić information content (AvgIpc) is 2.13. The first kappa shape index (κ1) is 12.9. The molecule has 0 spiro atoms.